The van der Waals surface area contributed by atoms with Crippen LogP contribution in [0.3, 0.4) is 0 Å². The summed E-state index contributed by atoms with van der Waals surface area (Å²) >= 11 is 0. The summed E-state index contributed by atoms with van der Waals surface area (Å²) in [6.45, 7) is 1.28. The van der Waals surface area contributed by atoms with Crippen LogP contribution in [0.5, 0.6) is 0 Å². The van der Waals surface area contributed by atoms with Crippen molar-refractivity contribution in [2.75, 3.05) is 25.6 Å². The van der Waals surface area contributed by atoms with Gasteiger partial charge in [-0.25, -0.2) is 4.98 Å². The van der Waals surface area contributed by atoms with Gasteiger partial charge in [-0.3, -0.25) is 0 Å². The van der Waals surface area contributed by atoms with Crippen LogP contribution in [-0.2, 0) is 4.74 Å². The molecule has 0 atom stereocenters. The highest BCUT2D eigenvalue weighted by molar-refractivity contribution is 5.86. The number of fused-ring (bicyclic) bond motifs is 1. The van der Waals surface area contributed by atoms with Crippen LogP contribution < -0.4 is 5.32 Å². The van der Waals surface area contributed by atoms with Crippen molar-refractivity contribution >= 4 is 16.7 Å². The predicted octanol–water partition coefficient (Wildman–Crippen LogP) is 2.16. The molecule has 2 rings (SSSR count). The highest BCUT2D eigenvalue weighted by Gasteiger charge is 2.04. The lowest BCUT2D eigenvalue weighted by atomic mass is 10.1. The molecule has 0 saturated heterocycles. The molecule has 0 bridgehead atoms. The Kier molecular flexibility index (Phi) is 3.53. The Labute approximate surface area is 99.8 Å². The third kappa shape index (κ3) is 2.52. The first-order chi connectivity index (χ1) is 8.35. The molecule has 17 heavy (non-hydrogen) atoms. The van der Waals surface area contributed by atoms with Gasteiger partial charge < -0.3 is 10.1 Å². The lowest BCUT2D eigenvalue weighted by Gasteiger charge is -2.07. The fraction of sp³-hybridized carbons (Fsp3) is 0.231. The van der Waals surface area contributed by atoms with E-state index in [0.717, 1.165) is 10.9 Å². The molecule has 2 aromatic rings. The van der Waals surface area contributed by atoms with Gasteiger partial charge in [-0.2, -0.15) is 5.26 Å². The molecular weight excluding hydrogens is 214 g/mol. The minimum Gasteiger partial charge on any atom is -0.383 e. The second kappa shape index (κ2) is 5.28. The number of anilines is 1. The molecule has 0 radical (unpaired) electrons. The van der Waals surface area contributed by atoms with Crippen molar-refractivity contribution < 1.29 is 4.74 Å². The number of hydrogen-bond donors (Lipinski definition) is 1. The van der Waals surface area contributed by atoms with Gasteiger partial charge in [0.2, 0.25) is 0 Å². The summed E-state index contributed by atoms with van der Waals surface area (Å²) in [5.74, 6) is 0.706. The summed E-state index contributed by atoms with van der Waals surface area (Å²) in [5.41, 5.74) is 1.46. The Balaban J connectivity index is 2.36. The summed E-state index contributed by atoms with van der Waals surface area (Å²) < 4.78 is 4.95. The van der Waals surface area contributed by atoms with E-state index in [4.69, 9.17) is 10.00 Å². The van der Waals surface area contributed by atoms with E-state index < -0.39 is 0 Å². The molecule has 0 aliphatic carbocycles. The fourth-order valence-corrected chi connectivity index (χ4v) is 1.64. The van der Waals surface area contributed by atoms with E-state index >= 15 is 0 Å². The van der Waals surface area contributed by atoms with Crippen LogP contribution in [-0.4, -0.2) is 25.2 Å². The molecule has 4 nitrogen and oxygen atoms in total. The highest BCUT2D eigenvalue weighted by Crippen LogP contribution is 2.19. The average molecular weight is 227 g/mol. The highest BCUT2D eigenvalue weighted by atomic mass is 16.5. The molecule has 86 valence electrons. The number of ether oxygens (including phenoxy) is 1. The predicted molar refractivity (Wildman–Crippen MR) is 66.8 cm³/mol. The minimum atomic E-state index is 0.608. The van der Waals surface area contributed by atoms with Crippen molar-refractivity contribution in [1.82, 2.24) is 4.98 Å². The third-order valence-electron chi connectivity index (χ3n) is 2.45. The second-order valence-corrected chi connectivity index (χ2v) is 3.60. The molecule has 0 unspecified atom stereocenters. The Hall–Kier alpha value is -2.12. The van der Waals surface area contributed by atoms with Gasteiger partial charge in [-0.15, -0.1) is 0 Å². The van der Waals surface area contributed by atoms with Crippen molar-refractivity contribution in [3.63, 3.8) is 0 Å². The lowest BCUT2D eigenvalue weighted by Crippen LogP contribution is -2.09. The van der Waals surface area contributed by atoms with Gasteiger partial charge in [0, 0.05) is 19.0 Å². The van der Waals surface area contributed by atoms with Gasteiger partial charge in [0.05, 0.1) is 23.8 Å². The molecular formula is C13H13N3O. The standard InChI is InChI=1S/C13H13N3O/c1-17-7-6-15-13-8-10(9-14)11-4-2-3-5-12(11)16-13/h2-5,8H,6-7H2,1H3,(H,15,16). The van der Waals surface area contributed by atoms with Gasteiger partial charge >= 0.3 is 0 Å². The maximum Gasteiger partial charge on any atom is 0.128 e. The van der Waals surface area contributed by atoms with Gasteiger partial charge in [-0.1, -0.05) is 18.2 Å². The van der Waals surface area contributed by atoms with E-state index in [1.807, 2.05) is 24.3 Å². The molecule has 0 spiro atoms. The number of benzene rings is 1. The first-order valence-corrected chi connectivity index (χ1v) is 5.38. The normalized spacial score (nSPS) is 10.1. The van der Waals surface area contributed by atoms with Crippen molar-refractivity contribution in [2.45, 2.75) is 0 Å². The van der Waals surface area contributed by atoms with E-state index in [0.29, 0.717) is 24.5 Å². The molecule has 0 aliphatic heterocycles. The van der Waals surface area contributed by atoms with E-state index in [1.165, 1.54) is 0 Å². The Morgan fingerprint density at radius 2 is 2.24 bits per heavy atom. The number of methoxy groups -OCH3 is 1. The maximum absolute atomic E-state index is 9.10. The van der Waals surface area contributed by atoms with Crippen LogP contribution in [0.1, 0.15) is 5.56 Å². The topological polar surface area (TPSA) is 57.9 Å². The number of nitrogens with one attached hydrogen (secondary N) is 1. The minimum absolute atomic E-state index is 0.608. The molecule has 4 heteroatoms. The van der Waals surface area contributed by atoms with Gasteiger partial charge in [0.15, 0.2) is 0 Å². The van der Waals surface area contributed by atoms with Crippen molar-refractivity contribution in [3.05, 3.63) is 35.9 Å². The molecule has 0 aliphatic rings. The van der Waals surface area contributed by atoms with Crippen molar-refractivity contribution in [3.8, 4) is 6.07 Å². The molecule has 1 aromatic carbocycles. The van der Waals surface area contributed by atoms with Crippen LogP contribution in [0.15, 0.2) is 30.3 Å². The maximum atomic E-state index is 9.10. The summed E-state index contributed by atoms with van der Waals surface area (Å²) in [5, 5.41) is 13.1. The van der Waals surface area contributed by atoms with Crippen LogP contribution >= 0.6 is 0 Å². The molecule has 1 aromatic heterocycles. The van der Waals surface area contributed by atoms with Crippen LogP contribution in [0.4, 0.5) is 5.82 Å². The zero-order valence-electron chi connectivity index (χ0n) is 9.60. The Bertz CT molecular complexity index is 560. The van der Waals surface area contributed by atoms with E-state index in [2.05, 4.69) is 16.4 Å². The van der Waals surface area contributed by atoms with Crippen LogP contribution in [0, 0.1) is 11.3 Å². The van der Waals surface area contributed by atoms with Crippen molar-refractivity contribution in [2.24, 2.45) is 0 Å². The molecule has 0 fully saturated rings. The van der Waals surface area contributed by atoms with Crippen LogP contribution in [0.2, 0.25) is 0 Å². The van der Waals surface area contributed by atoms with Gasteiger partial charge in [0.1, 0.15) is 5.82 Å². The summed E-state index contributed by atoms with van der Waals surface area (Å²) in [7, 11) is 1.65. The first kappa shape index (κ1) is 11.4. The smallest absolute Gasteiger partial charge is 0.128 e. The molecule has 0 saturated carbocycles. The number of rotatable bonds is 4. The average Bonchev–Trinajstić information content (AvgIpc) is 2.38. The number of pyridine rings is 1. The van der Waals surface area contributed by atoms with E-state index in [-0.39, 0.29) is 0 Å². The number of aromatic nitrogens is 1. The quantitative estimate of drug-likeness (QED) is 0.813. The van der Waals surface area contributed by atoms with Gasteiger partial charge in [0.25, 0.3) is 0 Å². The SMILES string of the molecule is COCCNc1cc(C#N)c2ccccc2n1. The van der Waals surface area contributed by atoms with Crippen molar-refractivity contribution in [1.29, 1.82) is 5.26 Å². The second-order valence-electron chi connectivity index (χ2n) is 3.60. The number of para-hydroxylation sites is 1. The van der Waals surface area contributed by atoms with E-state index in [1.54, 1.807) is 13.2 Å². The van der Waals surface area contributed by atoms with Crippen LogP contribution in [0.25, 0.3) is 10.9 Å². The molecule has 0 amide bonds. The largest absolute Gasteiger partial charge is 0.383 e. The third-order valence-corrected chi connectivity index (χ3v) is 2.45. The zero-order valence-corrected chi connectivity index (χ0v) is 9.60. The number of nitriles is 1. The Morgan fingerprint density at radius 1 is 1.41 bits per heavy atom. The monoisotopic (exact) mass is 227 g/mol. The fourth-order valence-electron chi connectivity index (χ4n) is 1.64. The summed E-state index contributed by atoms with van der Waals surface area (Å²) in [6.07, 6.45) is 0. The molecule has 1 heterocycles. The molecule has 1 N–H and O–H groups in total. The lowest BCUT2D eigenvalue weighted by molar-refractivity contribution is 0.210. The number of nitrogens with zero attached hydrogens (tertiary/aromatic N) is 2. The van der Waals surface area contributed by atoms with Gasteiger partial charge in [-0.05, 0) is 12.1 Å². The summed E-state index contributed by atoms with van der Waals surface area (Å²) in [4.78, 5) is 4.44. The van der Waals surface area contributed by atoms with E-state index in [9.17, 15) is 0 Å². The summed E-state index contributed by atoms with van der Waals surface area (Å²) in [6, 6.07) is 11.6. The Morgan fingerprint density at radius 3 is 3.00 bits per heavy atom. The zero-order chi connectivity index (χ0) is 12.1. The number of hydrogen-bond acceptors (Lipinski definition) is 4. The first-order valence-electron chi connectivity index (χ1n) is 5.38.